The van der Waals surface area contributed by atoms with Crippen LogP contribution in [0.3, 0.4) is 0 Å². The van der Waals surface area contributed by atoms with Crippen LogP contribution >= 0.6 is 0 Å². The highest BCUT2D eigenvalue weighted by Gasteiger charge is 2.30. The van der Waals surface area contributed by atoms with E-state index < -0.39 is 10.0 Å². The third-order valence-corrected chi connectivity index (χ3v) is 5.61. The number of carbonyl (C=O) groups excluding carboxylic acids is 1. The molecule has 0 unspecified atom stereocenters. The minimum atomic E-state index is -3.21. The highest BCUT2D eigenvalue weighted by Crippen LogP contribution is 2.19. The number of carbonyl (C=O) groups is 1. The second kappa shape index (κ2) is 5.65. The average Bonchev–Trinajstić information content (AvgIpc) is 2.98. The van der Waals surface area contributed by atoms with Crippen molar-refractivity contribution in [2.45, 2.75) is 6.92 Å². The number of hydrogen-bond acceptors (Lipinski definition) is 6. The summed E-state index contributed by atoms with van der Waals surface area (Å²) >= 11 is 0. The van der Waals surface area contributed by atoms with Gasteiger partial charge in [0.15, 0.2) is 0 Å². The molecule has 118 valence electrons. The molecular weight excluding hydrogens is 308 g/mol. The van der Waals surface area contributed by atoms with Crippen molar-refractivity contribution >= 4 is 27.0 Å². The molecule has 22 heavy (non-hydrogen) atoms. The van der Waals surface area contributed by atoms with E-state index in [1.807, 2.05) is 0 Å². The van der Waals surface area contributed by atoms with E-state index in [4.69, 9.17) is 4.52 Å². The van der Waals surface area contributed by atoms with Crippen molar-refractivity contribution in [1.82, 2.24) is 19.3 Å². The molecule has 2 aromatic heterocycles. The van der Waals surface area contributed by atoms with Crippen molar-refractivity contribution < 1.29 is 17.7 Å². The van der Waals surface area contributed by atoms with Gasteiger partial charge >= 0.3 is 0 Å². The van der Waals surface area contributed by atoms with Crippen molar-refractivity contribution in [1.29, 1.82) is 0 Å². The van der Waals surface area contributed by atoms with Crippen molar-refractivity contribution in [3.63, 3.8) is 0 Å². The van der Waals surface area contributed by atoms with Crippen LogP contribution in [0.5, 0.6) is 0 Å². The number of aromatic nitrogens is 2. The maximum atomic E-state index is 12.5. The van der Waals surface area contributed by atoms with Gasteiger partial charge in [0.1, 0.15) is 0 Å². The van der Waals surface area contributed by atoms with Crippen molar-refractivity contribution in [3.05, 3.63) is 24.1 Å². The summed E-state index contributed by atoms with van der Waals surface area (Å²) in [6.07, 6.45) is 1.58. The number of rotatable bonds is 3. The molecular formula is C13H16N4O4S. The molecule has 0 N–H and O–H groups in total. The highest BCUT2D eigenvalue weighted by atomic mass is 32.2. The van der Waals surface area contributed by atoms with E-state index in [0.717, 1.165) is 0 Å². The van der Waals surface area contributed by atoms with Crippen LogP contribution < -0.4 is 0 Å². The van der Waals surface area contributed by atoms with Gasteiger partial charge in [-0.2, -0.15) is 4.31 Å². The molecule has 1 aliphatic rings. The summed E-state index contributed by atoms with van der Waals surface area (Å²) in [6.45, 7) is 2.88. The Labute approximate surface area is 127 Å². The maximum Gasteiger partial charge on any atom is 0.293 e. The molecule has 1 fully saturated rings. The van der Waals surface area contributed by atoms with E-state index >= 15 is 0 Å². The van der Waals surface area contributed by atoms with Gasteiger partial charge in [-0.25, -0.2) is 13.4 Å². The van der Waals surface area contributed by atoms with E-state index in [1.165, 1.54) is 4.31 Å². The van der Waals surface area contributed by atoms with Gasteiger partial charge in [-0.05, 0) is 19.1 Å². The standard InChI is InChI=1S/C13H16N4O4S/c1-2-22(19,20)17-8-6-16(7-9-17)13(18)11-10-4-3-5-14-12(10)15-21-11/h3-5H,2,6-9H2,1H3. The Hall–Kier alpha value is -2.00. The normalized spacial score (nSPS) is 17.0. The Morgan fingerprint density at radius 2 is 2.05 bits per heavy atom. The van der Waals surface area contributed by atoms with Crippen LogP contribution in [0.25, 0.3) is 11.0 Å². The lowest BCUT2D eigenvalue weighted by Gasteiger charge is -2.33. The molecule has 0 saturated carbocycles. The monoisotopic (exact) mass is 324 g/mol. The Morgan fingerprint density at radius 3 is 2.73 bits per heavy atom. The SMILES string of the molecule is CCS(=O)(=O)N1CCN(C(=O)c2onc3ncccc23)CC1. The Morgan fingerprint density at radius 1 is 1.32 bits per heavy atom. The molecule has 0 radical (unpaired) electrons. The van der Waals surface area contributed by atoms with Crippen LogP contribution in [-0.2, 0) is 10.0 Å². The quantitative estimate of drug-likeness (QED) is 0.807. The van der Waals surface area contributed by atoms with Gasteiger partial charge in [-0.15, -0.1) is 0 Å². The lowest BCUT2D eigenvalue weighted by molar-refractivity contribution is 0.0659. The number of piperazine rings is 1. The topological polar surface area (TPSA) is 96.6 Å². The third kappa shape index (κ3) is 2.57. The van der Waals surface area contributed by atoms with Crippen LogP contribution in [0.4, 0.5) is 0 Å². The van der Waals surface area contributed by atoms with Crippen molar-refractivity contribution in [2.24, 2.45) is 0 Å². The molecule has 1 amide bonds. The van der Waals surface area contributed by atoms with Crippen LogP contribution in [0.15, 0.2) is 22.9 Å². The van der Waals surface area contributed by atoms with Crippen LogP contribution in [0.2, 0.25) is 0 Å². The molecule has 2 aromatic rings. The molecule has 0 bridgehead atoms. The lowest BCUT2D eigenvalue weighted by atomic mass is 10.2. The first-order chi connectivity index (χ1) is 10.5. The number of fused-ring (bicyclic) bond motifs is 1. The Balaban J connectivity index is 1.75. The zero-order chi connectivity index (χ0) is 15.7. The largest absolute Gasteiger partial charge is 0.348 e. The molecule has 0 aromatic carbocycles. The van der Waals surface area contributed by atoms with Crippen LogP contribution in [0.1, 0.15) is 17.5 Å². The van der Waals surface area contributed by atoms with E-state index in [-0.39, 0.29) is 17.4 Å². The van der Waals surface area contributed by atoms with Gasteiger partial charge in [0, 0.05) is 32.4 Å². The van der Waals surface area contributed by atoms with Crippen molar-refractivity contribution in [2.75, 3.05) is 31.9 Å². The van der Waals surface area contributed by atoms with E-state index in [9.17, 15) is 13.2 Å². The fourth-order valence-electron chi connectivity index (χ4n) is 2.43. The summed E-state index contributed by atoms with van der Waals surface area (Å²) in [5.41, 5.74) is 0.387. The number of pyridine rings is 1. The summed E-state index contributed by atoms with van der Waals surface area (Å²) in [5.74, 6) is -0.0711. The first kappa shape index (κ1) is 14.9. The smallest absolute Gasteiger partial charge is 0.293 e. The summed E-state index contributed by atoms with van der Waals surface area (Å²) in [5, 5.41) is 4.33. The summed E-state index contributed by atoms with van der Waals surface area (Å²) in [6, 6.07) is 3.44. The molecule has 0 aliphatic carbocycles. The minimum Gasteiger partial charge on any atom is -0.348 e. The molecule has 0 atom stereocenters. The second-order valence-electron chi connectivity index (χ2n) is 4.98. The number of hydrogen-bond donors (Lipinski definition) is 0. The fraction of sp³-hybridized carbons (Fsp3) is 0.462. The minimum absolute atomic E-state index is 0.0688. The van der Waals surface area contributed by atoms with Gasteiger partial charge in [-0.3, -0.25) is 4.79 Å². The molecule has 1 saturated heterocycles. The highest BCUT2D eigenvalue weighted by molar-refractivity contribution is 7.89. The van der Waals surface area contributed by atoms with Gasteiger partial charge in [0.05, 0.1) is 11.1 Å². The van der Waals surface area contributed by atoms with E-state index in [0.29, 0.717) is 37.2 Å². The molecule has 3 rings (SSSR count). The van der Waals surface area contributed by atoms with E-state index in [1.54, 1.807) is 30.2 Å². The second-order valence-corrected chi connectivity index (χ2v) is 7.24. The lowest BCUT2D eigenvalue weighted by Crippen LogP contribution is -2.50. The maximum absolute atomic E-state index is 12.5. The molecule has 0 spiro atoms. The predicted octanol–water partition coefficient (Wildman–Crippen LogP) is 0.330. The first-order valence-corrected chi connectivity index (χ1v) is 8.61. The van der Waals surface area contributed by atoms with Crippen LogP contribution in [0, 0.1) is 0 Å². The Kier molecular flexibility index (Phi) is 3.83. The van der Waals surface area contributed by atoms with Gasteiger partial charge in [0.25, 0.3) is 5.91 Å². The average molecular weight is 324 g/mol. The number of sulfonamides is 1. The first-order valence-electron chi connectivity index (χ1n) is 7.00. The van der Waals surface area contributed by atoms with Gasteiger partial charge in [-0.1, -0.05) is 5.16 Å². The fourth-order valence-corrected chi connectivity index (χ4v) is 3.52. The predicted molar refractivity (Wildman–Crippen MR) is 78.7 cm³/mol. The van der Waals surface area contributed by atoms with Crippen LogP contribution in [-0.4, -0.2) is 65.6 Å². The number of nitrogens with zero attached hydrogens (tertiary/aromatic N) is 4. The molecule has 8 nitrogen and oxygen atoms in total. The number of amides is 1. The van der Waals surface area contributed by atoms with E-state index in [2.05, 4.69) is 10.1 Å². The zero-order valence-electron chi connectivity index (χ0n) is 12.1. The molecule has 3 heterocycles. The summed E-state index contributed by atoms with van der Waals surface area (Å²) < 4.78 is 30.2. The van der Waals surface area contributed by atoms with Gasteiger partial charge < -0.3 is 9.42 Å². The third-order valence-electron chi connectivity index (χ3n) is 3.73. The Bertz CT molecular complexity index is 793. The van der Waals surface area contributed by atoms with Gasteiger partial charge in [0.2, 0.25) is 21.4 Å². The van der Waals surface area contributed by atoms with Crippen molar-refractivity contribution in [3.8, 4) is 0 Å². The zero-order valence-corrected chi connectivity index (χ0v) is 12.9. The molecule has 9 heteroatoms. The summed E-state index contributed by atoms with van der Waals surface area (Å²) in [7, 11) is -3.21. The summed E-state index contributed by atoms with van der Waals surface area (Å²) in [4.78, 5) is 18.1. The molecule has 1 aliphatic heterocycles.